The molecular weight excluding hydrogens is 458 g/mol. The van der Waals surface area contributed by atoms with Crippen molar-refractivity contribution in [2.75, 3.05) is 34.5 Å². The molecule has 0 unspecified atom stereocenters. The number of carbonyl (C=O) groups excluding carboxylic acids is 2. The molecule has 1 aliphatic rings. The Labute approximate surface area is 219 Å². The van der Waals surface area contributed by atoms with E-state index in [1.807, 2.05) is 47.5 Å². The quantitative estimate of drug-likeness (QED) is 0.404. The molecule has 0 saturated carbocycles. The van der Waals surface area contributed by atoms with E-state index in [2.05, 4.69) is 23.5 Å². The van der Waals surface area contributed by atoms with Crippen molar-refractivity contribution in [1.82, 2.24) is 5.32 Å². The van der Waals surface area contributed by atoms with Crippen LogP contribution in [0.4, 0.5) is 0 Å². The minimum absolute atomic E-state index is 0. The van der Waals surface area contributed by atoms with E-state index in [1.54, 1.807) is 21.3 Å². The van der Waals surface area contributed by atoms with Crippen molar-refractivity contribution in [2.45, 2.75) is 66.7 Å². The monoisotopic (exact) mass is 505 g/mol. The Hall–Kier alpha value is -3.22. The molecule has 7 nitrogen and oxygen atoms in total. The fourth-order valence-corrected chi connectivity index (χ4v) is 3.89. The van der Waals surface area contributed by atoms with Crippen molar-refractivity contribution in [3.8, 4) is 34.1 Å². The largest absolute Gasteiger partial charge is 0.494 e. The summed E-state index contributed by atoms with van der Waals surface area (Å²) in [5.74, 6) is 2.92. The molecule has 7 heteroatoms. The number of methoxy groups -OCH3 is 3. The highest BCUT2D eigenvalue weighted by Gasteiger charge is 2.25. The number of benzene rings is 2. The zero-order chi connectivity index (χ0) is 27.5. The van der Waals surface area contributed by atoms with Crippen molar-refractivity contribution in [1.29, 1.82) is 0 Å². The van der Waals surface area contributed by atoms with Crippen LogP contribution in [0.1, 0.15) is 66.4 Å². The van der Waals surface area contributed by atoms with E-state index in [1.165, 1.54) is 11.1 Å². The number of amides is 1. The highest BCUT2D eigenvalue weighted by Crippen LogP contribution is 2.49. The topological polar surface area (TPSA) is 83.1 Å². The lowest BCUT2D eigenvalue weighted by Gasteiger charge is -2.20. The van der Waals surface area contributed by atoms with Crippen LogP contribution >= 0.6 is 0 Å². The van der Waals surface area contributed by atoms with Gasteiger partial charge in [-0.15, -0.1) is 0 Å². The molecule has 2 aromatic rings. The molecular formula is C29H47NO6. The van der Waals surface area contributed by atoms with Crippen molar-refractivity contribution < 1.29 is 30.0 Å². The number of rotatable bonds is 9. The van der Waals surface area contributed by atoms with E-state index in [4.69, 9.17) is 23.7 Å². The van der Waals surface area contributed by atoms with E-state index >= 15 is 0 Å². The average molecular weight is 506 g/mol. The van der Waals surface area contributed by atoms with Gasteiger partial charge in [-0.25, -0.2) is 0 Å². The fourth-order valence-electron chi connectivity index (χ4n) is 3.89. The lowest BCUT2D eigenvalue weighted by molar-refractivity contribution is -0.120. The van der Waals surface area contributed by atoms with Gasteiger partial charge in [0.05, 0.1) is 27.9 Å². The van der Waals surface area contributed by atoms with Crippen LogP contribution in [0.15, 0.2) is 24.3 Å². The molecule has 0 aliphatic heterocycles. The number of carbonyl (C=O) groups is 2. The first-order valence-electron chi connectivity index (χ1n) is 12.8. The average Bonchev–Trinajstić information content (AvgIpc) is 3.13. The molecule has 0 atom stereocenters. The standard InChI is InChI=1S/C24H31NO5.2C2H6.CH2O.H2/c1-5-21(26)25-12-7-13-30-18-10-11-19-16(14-18)8-6-9-17-15-20(27-2)23(28-3)24(29-4)22(17)19;3*1-2;/h10-11,14-15H,5-9,12-13H2,1-4H3,(H,25,26);2*1-2H3;1H2;1H. The van der Waals surface area contributed by atoms with Gasteiger partial charge in [0.2, 0.25) is 11.7 Å². The second-order valence-corrected chi connectivity index (χ2v) is 7.26. The molecule has 2 aromatic carbocycles. The van der Waals surface area contributed by atoms with Gasteiger partial charge >= 0.3 is 0 Å². The summed E-state index contributed by atoms with van der Waals surface area (Å²) in [7, 11) is 4.94. The molecule has 0 radical (unpaired) electrons. The van der Waals surface area contributed by atoms with Crippen LogP contribution in [0.5, 0.6) is 23.0 Å². The number of ether oxygens (including phenoxy) is 4. The number of fused-ring (bicyclic) bond motifs is 3. The molecule has 1 amide bonds. The Morgan fingerprint density at radius 1 is 0.944 bits per heavy atom. The van der Waals surface area contributed by atoms with Gasteiger partial charge in [-0.1, -0.05) is 40.7 Å². The van der Waals surface area contributed by atoms with E-state index in [0.717, 1.165) is 42.6 Å². The second-order valence-electron chi connectivity index (χ2n) is 7.26. The SMILES string of the molecule is C=O.CC.CC.CCC(=O)NCCCOc1ccc2c(c1)CCCc1cc(OC)c(OC)c(OC)c1-2.[HH]. The van der Waals surface area contributed by atoms with E-state index in [-0.39, 0.29) is 7.33 Å². The number of aryl methyl sites for hydroxylation is 2. The maximum absolute atomic E-state index is 11.3. The maximum atomic E-state index is 11.3. The van der Waals surface area contributed by atoms with Crippen LogP contribution in [0.2, 0.25) is 0 Å². The molecule has 0 heterocycles. The summed E-state index contributed by atoms with van der Waals surface area (Å²) in [4.78, 5) is 19.3. The molecule has 1 aliphatic carbocycles. The first-order chi connectivity index (χ1) is 17.6. The minimum atomic E-state index is 0. The van der Waals surface area contributed by atoms with E-state index in [9.17, 15) is 4.79 Å². The first-order valence-corrected chi connectivity index (χ1v) is 12.8. The third kappa shape index (κ3) is 8.77. The molecule has 0 fully saturated rings. The number of hydrogen-bond donors (Lipinski definition) is 1. The highest BCUT2D eigenvalue weighted by atomic mass is 16.5. The fraction of sp³-hybridized carbons (Fsp3) is 0.517. The van der Waals surface area contributed by atoms with E-state index in [0.29, 0.717) is 36.8 Å². The Morgan fingerprint density at radius 3 is 2.17 bits per heavy atom. The number of hydrogen-bond acceptors (Lipinski definition) is 6. The molecule has 0 spiro atoms. The Kier molecular flexibility index (Phi) is 17.3. The summed E-state index contributed by atoms with van der Waals surface area (Å²) >= 11 is 0. The molecule has 36 heavy (non-hydrogen) atoms. The van der Waals surface area contributed by atoms with Crippen molar-refractivity contribution >= 4 is 12.7 Å². The zero-order valence-electron chi connectivity index (χ0n) is 23.4. The van der Waals surface area contributed by atoms with Gasteiger partial charge in [0.25, 0.3) is 0 Å². The van der Waals surface area contributed by atoms with Crippen molar-refractivity contribution in [3.05, 3.63) is 35.4 Å². The lowest BCUT2D eigenvalue weighted by atomic mass is 9.94. The second kappa shape index (κ2) is 19.0. The summed E-state index contributed by atoms with van der Waals surface area (Å²) in [6, 6.07) is 8.27. The predicted molar refractivity (Wildman–Crippen MR) is 149 cm³/mol. The van der Waals surface area contributed by atoms with Crippen LogP contribution in [-0.2, 0) is 22.4 Å². The predicted octanol–water partition coefficient (Wildman–Crippen LogP) is 6.28. The number of nitrogens with one attached hydrogen (secondary N) is 1. The molecule has 0 bridgehead atoms. The molecule has 1 N–H and O–H groups in total. The van der Waals surface area contributed by atoms with Gasteiger partial charge in [0.1, 0.15) is 12.5 Å². The van der Waals surface area contributed by atoms with Crippen LogP contribution in [-0.4, -0.2) is 47.2 Å². The van der Waals surface area contributed by atoms with Crippen molar-refractivity contribution in [2.24, 2.45) is 0 Å². The van der Waals surface area contributed by atoms with Gasteiger partial charge < -0.3 is 29.1 Å². The zero-order valence-corrected chi connectivity index (χ0v) is 23.4. The van der Waals surface area contributed by atoms with Gasteiger partial charge in [-0.3, -0.25) is 4.79 Å². The normalized spacial score (nSPS) is 10.7. The summed E-state index contributed by atoms with van der Waals surface area (Å²) in [5.41, 5.74) is 4.64. The van der Waals surface area contributed by atoms with Crippen LogP contribution < -0.4 is 24.3 Å². The molecule has 0 saturated heterocycles. The summed E-state index contributed by atoms with van der Waals surface area (Å²) in [6.07, 6.45) is 4.21. The van der Waals surface area contributed by atoms with Gasteiger partial charge in [0, 0.05) is 20.0 Å². The van der Waals surface area contributed by atoms with E-state index < -0.39 is 0 Å². The molecule has 0 aromatic heterocycles. The smallest absolute Gasteiger partial charge is 0.219 e. The first kappa shape index (κ1) is 32.8. The van der Waals surface area contributed by atoms with Crippen LogP contribution in [0.3, 0.4) is 0 Å². The lowest BCUT2D eigenvalue weighted by Crippen LogP contribution is -2.24. The van der Waals surface area contributed by atoms with Crippen LogP contribution in [0.25, 0.3) is 11.1 Å². The van der Waals surface area contributed by atoms with Gasteiger partial charge in [-0.05, 0) is 60.6 Å². The van der Waals surface area contributed by atoms with Crippen LogP contribution in [0, 0.1) is 0 Å². The minimum Gasteiger partial charge on any atom is -0.494 e. The summed E-state index contributed by atoms with van der Waals surface area (Å²) in [5, 5.41) is 2.87. The van der Waals surface area contributed by atoms with Gasteiger partial charge in [0.15, 0.2) is 11.5 Å². The molecule has 204 valence electrons. The Bertz CT molecular complexity index is 920. The third-order valence-corrected chi connectivity index (χ3v) is 5.38. The Balaban J connectivity index is 0. The third-order valence-electron chi connectivity index (χ3n) is 5.38. The summed E-state index contributed by atoms with van der Waals surface area (Å²) in [6.45, 7) is 13.0. The maximum Gasteiger partial charge on any atom is 0.219 e. The van der Waals surface area contributed by atoms with Crippen molar-refractivity contribution in [3.63, 3.8) is 0 Å². The highest BCUT2D eigenvalue weighted by molar-refractivity contribution is 5.82. The molecule has 3 rings (SSSR count). The Morgan fingerprint density at radius 2 is 1.58 bits per heavy atom. The van der Waals surface area contributed by atoms with Gasteiger partial charge in [-0.2, -0.15) is 0 Å². The summed E-state index contributed by atoms with van der Waals surface area (Å²) < 4.78 is 22.8.